The van der Waals surface area contributed by atoms with Crippen LogP contribution in [0.15, 0.2) is 0 Å². The van der Waals surface area contributed by atoms with Crippen molar-refractivity contribution < 1.29 is 37.0 Å². The number of carbonyl (C=O) groups excluding carboxylic acids is 3. The van der Waals surface area contributed by atoms with Gasteiger partial charge in [-0.3, -0.25) is 4.79 Å². The van der Waals surface area contributed by atoms with Crippen LogP contribution in [0.1, 0.15) is 27.7 Å². The smallest absolute Gasteiger partial charge is 0.435 e. The van der Waals surface area contributed by atoms with Gasteiger partial charge in [-0.2, -0.15) is 0 Å². The fourth-order valence-electron chi connectivity index (χ4n) is 2.87. The molecule has 0 spiro atoms. The number of fused-ring (bicyclic) bond motifs is 1. The maximum absolute atomic E-state index is 12.5. The molecule has 2 rings (SSSR count). The van der Waals surface area contributed by atoms with E-state index < -0.39 is 56.4 Å². The second-order valence-electron chi connectivity index (χ2n) is 6.02. The number of esters is 1. The summed E-state index contributed by atoms with van der Waals surface area (Å²) in [5.41, 5.74) is 5.56. The zero-order valence-corrected chi connectivity index (χ0v) is 14.5. The van der Waals surface area contributed by atoms with E-state index in [4.69, 9.17) is 10.5 Å². The Morgan fingerprint density at radius 2 is 1.92 bits per heavy atom. The highest BCUT2D eigenvalue weighted by atomic mass is 32.2. The Bertz CT molecular complexity index is 673. The first kappa shape index (κ1) is 18.5. The number of nitrogens with zero attached hydrogens (tertiary/aromatic N) is 1. The molecule has 0 aliphatic carbocycles. The molecule has 2 heterocycles. The van der Waals surface area contributed by atoms with Gasteiger partial charge in [-0.25, -0.2) is 18.0 Å². The van der Waals surface area contributed by atoms with Crippen LogP contribution in [0.5, 0.6) is 0 Å². The Balaban J connectivity index is 2.17. The number of nitrogens with two attached hydrogens (primary N) is 1. The van der Waals surface area contributed by atoms with Gasteiger partial charge in [0, 0.05) is 6.92 Å². The molecule has 1 amide bonds. The zero-order chi connectivity index (χ0) is 18.4. The fourth-order valence-corrected chi connectivity index (χ4v) is 5.04. The Morgan fingerprint density at radius 3 is 2.46 bits per heavy atom. The first-order valence-corrected chi connectivity index (χ1v) is 8.86. The van der Waals surface area contributed by atoms with Gasteiger partial charge in [0.25, 0.3) is 0 Å². The third-order valence-electron chi connectivity index (χ3n) is 4.14. The van der Waals surface area contributed by atoms with Crippen molar-refractivity contribution in [1.82, 2.24) is 4.90 Å². The summed E-state index contributed by atoms with van der Waals surface area (Å²) >= 11 is 0. The number of hydrogen-bond acceptors (Lipinski definition) is 9. The molecule has 0 aromatic carbocycles. The van der Waals surface area contributed by atoms with Crippen molar-refractivity contribution in [3.8, 4) is 0 Å². The molecule has 0 saturated carbocycles. The second-order valence-corrected chi connectivity index (χ2v) is 8.64. The fraction of sp³-hybridized carbons (Fsp3) is 0.769. The molecule has 24 heavy (non-hydrogen) atoms. The zero-order valence-electron chi connectivity index (χ0n) is 13.7. The molecule has 2 aliphatic heterocycles. The number of sulfone groups is 1. The minimum Gasteiger partial charge on any atom is -0.435 e. The highest BCUT2D eigenvalue weighted by molar-refractivity contribution is 7.94. The standard InChI is InChI=1S/C13H20N2O8S/c1-5-21-12(18)23-6(2)22-11(17)8-13(3,4)24(19,20)10-7(14)9(16)15(8)10/h6-8,10H,5,14H2,1-4H3/t6?,7?,8-,10+/m0/s1. The van der Waals surface area contributed by atoms with Crippen molar-refractivity contribution in [3.63, 3.8) is 0 Å². The van der Waals surface area contributed by atoms with Crippen molar-refractivity contribution in [2.45, 2.75) is 56.2 Å². The SMILES string of the molecule is CCOC(=O)OC(C)OC(=O)[C@@H]1N2C(=O)C(N)[C@H]2S(=O)(=O)C1(C)C. The molecule has 4 atom stereocenters. The molecular formula is C13H20N2O8S. The van der Waals surface area contributed by atoms with Gasteiger partial charge in [-0.1, -0.05) is 0 Å². The molecule has 0 aromatic rings. The lowest BCUT2D eigenvalue weighted by atomic mass is 9.96. The Kier molecular flexibility index (Phi) is 4.53. The molecule has 2 aliphatic rings. The van der Waals surface area contributed by atoms with Crippen LogP contribution in [-0.4, -0.2) is 66.5 Å². The van der Waals surface area contributed by atoms with Crippen molar-refractivity contribution in [2.24, 2.45) is 5.73 Å². The Labute approximate surface area is 139 Å². The van der Waals surface area contributed by atoms with Gasteiger partial charge in [-0.15, -0.1) is 0 Å². The van der Waals surface area contributed by atoms with Gasteiger partial charge in [0.2, 0.25) is 12.2 Å². The molecule has 0 radical (unpaired) electrons. The van der Waals surface area contributed by atoms with Crippen LogP contribution in [0.3, 0.4) is 0 Å². The summed E-state index contributed by atoms with van der Waals surface area (Å²) < 4.78 is 37.6. The summed E-state index contributed by atoms with van der Waals surface area (Å²) in [6.45, 7) is 5.57. The summed E-state index contributed by atoms with van der Waals surface area (Å²) in [7, 11) is -3.86. The number of carbonyl (C=O) groups is 3. The molecule has 2 unspecified atom stereocenters. The van der Waals surface area contributed by atoms with Gasteiger partial charge >= 0.3 is 12.1 Å². The summed E-state index contributed by atoms with van der Waals surface area (Å²) in [5.74, 6) is -1.64. The van der Waals surface area contributed by atoms with E-state index >= 15 is 0 Å². The summed E-state index contributed by atoms with van der Waals surface area (Å²) in [6, 6.07) is -2.56. The van der Waals surface area contributed by atoms with E-state index in [0.29, 0.717) is 0 Å². The van der Waals surface area contributed by atoms with E-state index in [1.807, 2.05) is 0 Å². The van der Waals surface area contributed by atoms with Crippen molar-refractivity contribution in [2.75, 3.05) is 6.61 Å². The number of ether oxygens (including phenoxy) is 3. The molecule has 2 N–H and O–H groups in total. The van der Waals surface area contributed by atoms with Crippen molar-refractivity contribution in [1.29, 1.82) is 0 Å². The molecule has 136 valence electrons. The van der Waals surface area contributed by atoms with Crippen LogP contribution >= 0.6 is 0 Å². The van der Waals surface area contributed by atoms with Crippen LogP contribution in [0.4, 0.5) is 4.79 Å². The maximum atomic E-state index is 12.5. The van der Waals surface area contributed by atoms with Crippen LogP contribution < -0.4 is 5.73 Å². The topological polar surface area (TPSA) is 142 Å². The lowest BCUT2D eigenvalue weighted by Crippen LogP contribution is -2.70. The monoisotopic (exact) mass is 364 g/mol. The first-order chi connectivity index (χ1) is 11.0. The minimum atomic E-state index is -3.86. The summed E-state index contributed by atoms with van der Waals surface area (Å²) in [5, 5.41) is -1.25. The predicted molar refractivity (Wildman–Crippen MR) is 79.1 cm³/mol. The van der Waals surface area contributed by atoms with E-state index in [9.17, 15) is 22.8 Å². The highest BCUT2D eigenvalue weighted by Gasteiger charge is 2.71. The number of rotatable bonds is 4. The lowest BCUT2D eigenvalue weighted by molar-refractivity contribution is -0.180. The van der Waals surface area contributed by atoms with Crippen LogP contribution in [0, 0.1) is 0 Å². The van der Waals surface area contributed by atoms with Crippen LogP contribution in [0.25, 0.3) is 0 Å². The predicted octanol–water partition coefficient (Wildman–Crippen LogP) is -0.880. The van der Waals surface area contributed by atoms with Crippen LogP contribution in [-0.2, 0) is 33.6 Å². The summed E-state index contributed by atoms with van der Waals surface area (Å²) in [4.78, 5) is 36.4. The molecule has 2 saturated heterocycles. The van der Waals surface area contributed by atoms with Gasteiger partial charge in [0.15, 0.2) is 15.2 Å². The Hall–Kier alpha value is -1.88. The summed E-state index contributed by atoms with van der Waals surface area (Å²) in [6.07, 6.45) is -2.34. The molecule has 11 heteroatoms. The third kappa shape index (κ3) is 2.51. The normalized spacial score (nSPS) is 30.8. The third-order valence-corrected chi connectivity index (χ3v) is 6.98. The van der Waals surface area contributed by atoms with Crippen LogP contribution in [0.2, 0.25) is 0 Å². The number of hydrogen-bond donors (Lipinski definition) is 1. The average Bonchev–Trinajstić information content (AvgIpc) is 2.59. The molecular weight excluding hydrogens is 344 g/mol. The molecule has 0 bridgehead atoms. The van der Waals surface area contributed by atoms with Crippen molar-refractivity contribution >= 4 is 27.9 Å². The van der Waals surface area contributed by atoms with Gasteiger partial charge in [-0.05, 0) is 20.8 Å². The lowest BCUT2D eigenvalue weighted by Gasteiger charge is -2.41. The molecule has 0 aromatic heterocycles. The van der Waals surface area contributed by atoms with Gasteiger partial charge in [0.1, 0.15) is 16.8 Å². The quantitative estimate of drug-likeness (QED) is 0.382. The average molecular weight is 364 g/mol. The van der Waals surface area contributed by atoms with Crippen molar-refractivity contribution in [3.05, 3.63) is 0 Å². The highest BCUT2D eigenvalue weighted by Crippen LogP contribution is 2.45. The van der Waals surface area contributed by atoms with E-state index in [1.165, 1.54) is 20.8 Å². The second kappa shape index (κ2) is 5.88. The first-order valence-electron chi connectivity index (χ1n) is 7.32. The minimum absolute atomic E-state index is 0.0786. The van der Waals surface area contributed by atoms with Gasteiger partial charge < -0.3 is 24.8 Å². The largest absolute Gasteiger partial charge is 0.511 e. The molecule has 2 fully saturated rings. The van der Waals surface area contributed by atoms with E-state index in [2.05, 4.69) is 9.47 Å². The van der Waals surface area contributed by atoms with E-state index in [0.717, 1.165) is 4.90 Å². The number of β-lactam (4-membered cyclic amide) rings is 1. The van der Waals surface area contributed by atoms with E-state index in [-0.39, 0.29) is 6.61 Å². The van der Waals surface area contributed by atoms with E-state index in [1.54, 1.807) is 6.92 Å². The Morgan fingerprint density at radius 1 is 1.33 bits per heavy atom. The molecule has 10 nitrogen and oxygen atoms in total. The van der Waals surface area contributed by atoms with Gasteiger partial charge in [0.05, 0.1) is 6.61 Å². The number of amides is 1. The maximum Gasteiger partial charge on any atom is 0.511 e.